The molecule has 0 fully saturated rings. The molecule has 0 aliphatic rings. The lowest BCUT2D eigenvalue weighted by Gasteiger charge is -2.28. The van der Waals surface area contributed by atoms with Crippen LogP contribution in [0.2, 0.25) is 0 Å². The maximum absolute atomic E-state index is 13.9. The molecule has 36 heavy (non-hydrogen) atoms. The molecule has 0 aromatic heterocycles. The van der Waals surface area contributed by atoms with Crippen LogP contribution in [0.3, 0.4) is 0 Å². The quantitative estimate of drug-likeness (QED) is 0.301. The van der Waals surface area contributed by atoms with E-state index in [0.717, 1.165) is 0 Å². The summed E-state index contributed by atoms with van der Waals surface area (Å²) < 4.78 is 19.4. The second kappa shape index (κ2) is 11.3. The zero-order chi connectivity index (χ0) is 27.4. The van der Waals surface area contributed by atoms with Gasteiger partial charge in [0.1, 0.15) is 11.7 Å². The first-order valence-corrected chi connectivity index (χ1v) is 12.7. The number of esters is 1. The molecule has 0 radical (unpaired) electrons. The Morgan fingerprint density at radius 3 is 2.06 bits per heavy atom. The summed E-state index contributed by atoms with van der Waals surface area (Å²) in [5.41, 5.74) is -1.70. The molecule has 2 rings (SSSR count). The van der Waals surface area contributed by atoms with Crippen molar-refractivity contribution in [3.05, 3.63) is 69.8 Å². The molecule has 1 amide bonds. The molecular formula is C26H34N2O7S. The number of nitrogens with one attached hydrogen (secondary N) is 1. The minimum atomic E-state index is -2.20. The van der Waals surface area contributed by atoms with Crippen molar-refractivity contribution < 1.29 is 28.6 Å². The smallest absolute Gasteiger partial charge is 0.325 e. The minimum Gasteiger partial charge on any atom is -0.459 e. The lowest BCUT2D eigenvalue weighted by atomic mass is 9.94. The molecule has 0 aliphatic heterocycles. The first-order chi connectivity index (χ1) is 16.5. The molecule has 0 aliphatic carbocycles. The standard InChI is InChI=1S/C26H34N2O7S/c1-16(27-24(31)25(2,3)4)17-12-9-11-15-20(17)36(34)22(23(30)35-26(5,6)7)21(29)18-13-8-10-14-19(18)28(32)33/h8-16,21-22,29H,1-7H3,(H,27,31)/t16-,21+,22+,36-/m1/s1. The van der Waals surface area contributed by atoms with Crippen LogP contribution >= 0.6 is 0 Å². The number of nitrogens with zero attached hydrogens (tertiary/aromatic N) is 1. The fraction of sp³-hybridized carbons (Fsp3) is 0.462. The van der Waals surface area contributed by atoms with Gasteiger partial charge in [0, 0.05) is 16.4 Å². The van der Waals surface area contributed by atoms with Crippen LogP contribution in [-0.4, -0.2) is 37.0 Å². The van der Waals surface area contributed by atoms with E-state index in [4.69, 9.17) is 4.74 Å². The number of carbonyl (C=O) groups excluding carboxylic acids is 2. The number of nitro benzene ring substituents is 1. The normalized spacial score (nSPS) is 15.3. The number of nitro groups is 1. The van der Waals surface area contributed by atoms with Gasteiger partial charge in [-0.25, -0.2) is 0 Å². The zero-order valence-corrected chi connectivity index (χ0v) is 22.4. The van der Waals surface area contributed by atoms with E-state index in [2.05, 4.69) is 5.32 Å². The second-order valence-corrected chi connectivity index (χ2v) is 12.0. The zero-order valence-electron chi connectivity index (χ0n) is 21.6. The second-order valence-electron chi connectivity index (χ2n) is 10.5. The van der Waals surface area contributed by atoms with E-state index in [1.807, 2.05) is 0 Å². The first-order valence-electron chi connectivity index (χ1n) is 11.5. The maximum Gasteiger partial charge on any atom is 0.325 e. The van der Waals surface area contributed by atoms with Crippen LogP contribution in [-0.2, 0) is 25.1 Å². The van der Waals surface area contributed by atoms with Crippen molar-refractivity contribution in [2.24, 2.45) is 5.41 Å². The van der Waals surface area contributed by atoms with Crippen molar-refractivity contribution in [2.75, 3.05) is 0 Å². The van der Waals surface area contributed by atoms with E-state index in [-0.39, 0.29) is 16.4 Å². The molecule has 2 N–H and O–H groups in total. The summed E-state index contributed by atoms with van der Waals surface area (Å²) in [5.74, 6) is -1.19. The van der Waals surface area contributed by atoms with E-state index in [9.17, 15) is 29.0 Å². The van der Waals surface area contributed by atoms with E-state index < -0.39 is 55.8 Å². The van der Waals surface area contributed by atoms with Gasteiger partial charge in [0.25, 0.3) is 5.69 Å². The number of hydrogen-bond donors (Lipinski definition) is 2. The van der Waals surface area contributed by atoms with Gasteiger partial charge in [-0.3, -0.25) is 23.9 Å². The maximum atomic E-state index is 13.9. The number of rotatable bonds is 8. The highest BCUT2D eigenvalue weighted by molar-refractivity contribution is 7.86. The van der Waals surface area contributed by atoms with Crippen molar-refractivity contribution >= 4 is 28.4 Å². The van der Waals surface area contributed by atoms with Crippen LogP contribution in [0, 0.1) is 15.5 Å². The van der Waals surface area contributed by atoms with Gasteiger partial charge in [-0.15, -0.1) is 0 Å². The van der Waals surface area contributed by atoms with E-state index in [0.29, 0.717) is 5.56 Å². The Morgan fingerprint density at radius 2 is 1.53 bits per heavy atom. The molecule has 0 spiro atoms. The molecule has 196 valence electrons. The van der Waals surface area contributed by atoms with Crippen LogP contribution in [0.5, 0.6) is 0 Å². The third kappa shape index (κ3) is 7.20. The molecule has 0 unspecified atom stereocenters. The Morgan fingerprint density at radius 1 is 1.00 bits per heavy atom. The van der Waals surface area contributed by atoms with Gasteiger partial charge >= 0.3 is 5.97 Å². The summed E-state index contributed by atoms with van der Waals surface area (Å²) in [6, 6.07) is 11.4. The van der Waals surface area contributed by atoms with Crippen LogP contribution in [0.1, 0.15) is 71.7 Å². The van der Waals surface area contributed by atoms with Gasteiger partial charge in [-0.2, -0.15) is 0 Å². The number of benzene rings is 2. The fourth-order valence-corrected chi connectivity index (χ4v) is 4.98. The Bertz CT molecular complexity index is 1150. The minimum absolute atomic E-state index is 0.154. The molecule has 2 aromatic carbocycles. The Balaban J connectivity index is 2.59. The van der Waals surface area contributed by atoms with E-state index >= 15 is 0 Å². The van der Waals surface area contributed by atoms with Crippen LogP contribution in [0.25, 0.3) is 0 Å². The first kappa shape index (κ1) is 29.1. The summed E-state index contributed by atoms with van der Waals surface area (Å²) in [5, 5.41) is 24.0. The highest BCUT2D eigenvalue weighted by atomic mass is 32.2. The van der Waals surface area contributed by atoms with E-state index in [1.54, 1.807) is 66.7 Å². The number of para-hydroxylation sites is 1. The number of aliphatic hydroxyl groups is 1. The molecule has 9 nitrogen and oxygen atoms in total. The average molecular weight is 519 g/mol. The highest BCUT2D eigenvalue weighted by Crippen LogP contribution is 2.34. The summed E-state index contributed by atoms with van der Waals surface area (Å²) in [4.78, 5) is 36.9. The summed E-state index contributed by atoms with van der Waals surface area (Å²) in [6.07, 6.45) is -1.80. The number of ether oxygens (including phenoxy) is 1. The van der Waals surface area contributed by atoms with E-state index in [1.165, 1.54) is 30.3 Å². The Hall–Kier alpha value is -3.11. The third-order valence-electron chi connectivity index (χ3n) is 5.24. The topological polar surface area (TPSA) is 136 Å². The van der Waals surface area contributed by atoms with Gasteiger partial charge < -0.3 is 15.2 Å². The van der Waals surface area contributed by atoms with Crippen molar-refractivity contribution in [1.82, 2.24) is 5.32 Å². The number of amides is 1. The average Bonchev–Trinajstić information content (AvgIpc) is 2.77. The molecule has 0 bridgehead atoms. The lowest BCUT2D eigenvalue weighted by Crippen LogP contribution is -2.39. The Labute approximate surface area is 213 Å². The van der Waals surface area contributed by atoms with Crippen LogP contribution < -0.4 is 5.32 Å². The molecule has 4 atom stereocenters. The summed E-state index contributed by atoms with van der Waals surface area (Å²) in [6.45, 7) is 11.9. The SMILES string of the molecule is C[C@@H](NC(=O)C(C)(C)C)c1ccccc1[S@@](=O)[C@H](C(=O)OC(C)(C)C)[C@@H](O)c1ccccc1[N+](=O)[O-]. The van der Waals surface area contributed by atoms with Gasteiger partial charge in [0.15, 0.2) is 5.25 Å². The molecule has 10 heteroatoms. The molecule has 0 heterocycles. The van der Waals surface area contributed by atoms with Crippen LogP contribution in [0.15, 0.2) is 53.4 Å². The summed E-state index contributed by atoms with van der Waals surface area (Å²) in [7, 11) is -2.20. The lowest BCUT2D eigenvalue weighted by molar-refractivity contribution is -0.386. The highest BCUT2D eigenvalue weighted by Gasteiger charge is 2.41. The van der Waals surface area contributed by atoms with Gasteiger partial charge in [0.2, 0.25) is 5.91 Å². The molecule has 0 saturated heterocycles. The predicted molar refractivity (Wildman–Crippen MR) is 137 cm³/mol. The Kier molecular flexibility index (Phi) is 9.14. The van der Waals surface area contributed by atoms with Crippen molar-refractivity contribution in [3.63, 3.8) is 0 Å². The van der Waals surface area contributed by atoms with Gasteiger partial charge in [-0.05, 0) is 45.4 Å². The van der Waals surface area contributed by atoms with Crippen LogP contribution in [0.4, 0.5) is 5.69 Å². The molecule has 0 saturated carbocycles. The van der Waals surface area contributed by atoms with Gasteiger partial charge in [-0.1, -0.05) is 51.1 Å². The molecular weight excluding hydrogens is 484 g/mol. The van der Waals surface area contributed by atoms with Crippen molar-refractivity contribution in [2.45, 2.75) is 76.4 Å². The summed E-state index contributed by atoms with van der Waals surface area (Å²) >= 11 is 0. The predicted octanol–water partition coefficient (Wildman–Crippen LogP) is 4.37. The largest absolute Gasteiger partial charge is 0.459 e. The molecule has 2 aromatic rings. The third-order valence-corrected chi connectivity index (χ3v) is 6.96. The number of carbonyl (C=O) groups is 2. The monoisotopic (exact) mass is 518 g/mol. The van der Waals surface area contributed by atoms with Crippen molar-refractivity contribution in [3.8, 4) is 0 Å². The fourth-order valence-electron chi connectivity index (χ4n) is 3.41. The van der Waals surface area contributed by atoms with Crippen molar-refractivity contribution in [1.29, 1.82) is 0 Å². The van der Waals surface area contributed by atoms with Gasteiger partial charge in [0.05, 0.1) is 27.3 Å². The number of hydrogen-bond acceptors (Lipinski definition) is 7. The number of aliphatic hydroxyl groups excluding tert-OH is 1.